The third kappa shape index (κ3) is 3.35. The molecule has 0 N–H and O–H groups in total. The van der Waals surface area contributed by atoms with Gasteiger partial charge in [-0.2, -0.15) is 13.5 Å². The largest absolute Gasteiger partial charge is 0.319 e. The van der Waals surface area contributed by atoms with E-state index >= 15 is 0 Å². The van der Waals surface area contributed by atoms with Crippen molar-refractivity contribution >= 4 is 11.8 Å². The van der Waals surface area contributed by atoms with Crippen LogP contribution in [0.5, 0.6) is 0 Å². The Morgan fingerprint density at radius 1 is 1.21 bits per heavy atom. The van der Waals surface area contributed by atoms with Crippen molar-refractivity contribution in [3.05, 3.63) is 64.6 Å². The summed E-state index contributed by atoms with van der Waals surface area (Å²) in [5.74, 6) is 0.308. The third-order valence-corrected chi connectivity index (χ3v) is 5.38. The molecule has 0 unspecified atom stereocenters. The first-order chi connectivity index (χ1) is 14.0. The zero-order chi connectivity index (χ0) is 20.5. The van der Waals surface area contributed by atoms with E-state index in [-0.39, 0.29) is 17.1 Å². The number of hydrogen-bond donors (Lipinski definition) is 0. The molecule has 0 radical (unpaired) electrons. The minimum absolute atomic E-state index is 0.121. The summed E-state index contributed by atoms with van der Waals surface area (Å²) in [5.41, 5.74) is 1.36. The van der Waals surface area contributed by atoms with Crippen LogP contribution in [0.15, 0.2) is 52.7 Å². The summed E-state index contributed by atoms with van der Waals surface area (Å²) in [4.78, 5) is 17.1. The van der Waals surface area contributed by atoms with Crippen LogP contribution in [-0.2, 0) is 12.8 Å². The van der Waals surface area contributed by atoms with Gasteiger partial charge in [0.2, 0.25) is 5.16 Å². The molecule has 0 aliphatic rings. The van der Waals surface area contributed by atoms with Gasteiger partial charge in [-0.05, 0) is 29.5 Å². The summed E-state index contributed by atoms with van der Waals surface area (Å²) in [6.45, 7) is -0.894. The molecule has 0 amide bonds. The number of aromatic nitrogens is 8. The number of halogens is 2. The second-order valence-electron chi connectivity index (χ2n) is 6.10. The highest BCUT2D eigenvalue weighted by atomic mass is 32.2. The predicted molar refractivity (Wildman–Crippen MR) is 102 cm³/mol. The molecule has 0 saturated heterocycles. The lowest BCUT2D eigenvalue weighted by Crippen LogP contribution is -2.22. The van der Waals surface area contributed by atoms with E-state index in [1.165, 1.54) is 21.8 Å². The van der Waals surface area contributed by atoms with Crippen LogP contribution in [0.2, 0.25) is 0 Å². The van der Waals surface area contributed by atoms with Crippen molar-refractivity contribution < 1.29 is 8.78 Å². The van der Waals surface area contributed by atoms with Crippen LogP contribution in [-0.4, -0.2) is 39.1 Å². The number of thioether (sulfide) groups is 1. The van der Waals surface area contributed by atoms with E-state index in [0.717, 1.165) is 16.3 Å². The van der Waals surface area contributed by atoms with Gasteiger partial charge < -0.3 is 0 Å². The Hall–Kier alpha value is -3.28. The SMILES string of the molecule is Cc1c(-n2nnnc2SCc2nccn2C(F)F)c(=O)n(-c2ccccc2)n1C. The zero-order valence-corrected chi connectivity index (χ0v) is 16.3. The van der Waals surface area contributed by atoms with Crippen molar-refractivity contribution in [2.45, 2.75) is 24.4 Å². The minimum Gasteiger partial charge on any atom is -0.283 e. The van der Waals surface area contributed by atoms with Crippen LogP contribution in [0.3, 0.4) is 0 Å². The molecular weight excluding hydrogens is 402 g/mol. The molecule has 3 aromatic heterocycles. The average Bonchev–Trinajstić information content (AvgIpc) is 3.40. The van der Waals surface area contributed by atoms with E-state index in [9.17, 15) is 13.6 Å². The first-order valence-corrected chi connectivity index (χ1v) is 9.53. The number of rotatable bonds is 6. The number of benzene rings is 1. The molecule has 1 aromatic carbocycles. The van der Waals surface area contributed by atoms with Crippen LogP contribution in [0.25, 0.3) is 11.4 Å². The van der Waals surface area contributed by atoms with Crippen LogP contribution in [0.4, 0.5) is 8.78 Å². The number of hydrogen-bond acceptors (Lipinski definition) is 6. The van der Waals surface area contributed by atoms with E-state index in [2.05, 4.69) is 20.5 Å². The normalized spacial score (nSPS) is 11.5. The molecule has 12 heteroatoms. The Bertz CT molecular complexity index is 1190. The first-order valence-electron chi connectivity index (χ1n) is 8.54. The fraction of sp³-hybridized carbons (Fsp3) is 0.235. The molecule has 0 fully saturated rings. The van der Waals surface area contributed by atoms with Crippen molar-refractivity contribution in [3.8, 4) is 11.4 Å². The van der Waals surface area contributed by atoms with Crippen LogP contribution < -0.4 is 5.56 Å². The van der Waals surface area contributed by atoms with Crippen molar-refractivity contribution in [1.82, 2.24) is 39.1 Å². The standard InChI is InChI=1S/C17H16F2N8OS/c1-11-14(15(28)27(24(11)2)12-6-4-3-5-7-12)26-17(21-22-23-26)29-10-13-20-8-9-25(13)16(18)19/h3-9,16H,10H2,1-2H3. The lowest BCUT2D eigenvalue weighted by atomic mass is 10.3. The highest BCUT2D eigenvalue weighted by molar-refractivity contribution is 7.98. The number of tetrazole rings is 1. The van der Waals surface area contributed by atoms with E-state index in [0.29, 0.717) is 22.2 Å². The highest BCUT2D eigenvalue weighted by Gasteiger charge is 2.22. The van der Waals surface area contributed by atoms with Gasteiger partial charge in [0.1, 0.15) is 5.82 Å². The van der Waals surface area contributed by atoms with Crippen molar-refractivity contribution in [1.29, 1.82) is 0 Å². The van der Waals surface area contributed by atoms with Crippen molar-refractivity contribution in [2.75, 3.05) is 0 Å². The van der Waals surface area contributed by atoms with Gasteiger partial charge in [-0.1, -0.05) is 30.0 Å². The van der Waals surface area contributed by atoms with Gasteiger partial charge >= 0.3 is 6.55 Å². The molecule has 29 heavy (non-hydrogen) atoms. The van der Waals surface area contributed by atoms with Gasteiger partial charge in [-0.3, -0.25) is 14.0 Å². The maximum atomic E-state index is 13.1. The van der Waals surface area contributed by atoms with Gasteiger partial charge in [0.25, 0.3) is 5.56 Å². The van der Waals surface area contributed by atoms with Gasteiger partial charge in [0, 0.05) is 19.4 Å². The number of alkyl halides is 2. The summed E-state index contributed by atoms with van der Waals surface area (Å²) < 4.78 is 31.4. The number of imidazole rings is 1. The van der Waals surface area contributed by atoms with E-state index in [1.54, 1.807) is 18.7 Å². The lowest BCUT2D eigenvalue weighted by Gasteiger charge is -2.07. The Kier molecular flexibility index (Phi) is 5.01. The van der Waals surface area contributed by atoms with Crippen LogP contribution in [0, 0.1) is 6.92 Å². The summed E-state index contributed by atoms with van der Waals surface area (Å²) >= 11 is 1.12. The summed E-state index contributed by atoms with van der Waals surface area (Å²) in [6, 6.07) is 9.19. The fourth-order valence-electron chi connectivity index (χ4n) is 2.97. The Balaban J connectivity index is 1.70. The van der Waals surface area contributed by atoms with Crippen LogP contribution >= 0.6 is 11.8 Å². The van der Waals surface area contributed by atoms with Crippen LogP contribution in [0.1, 0.15) is 18.1 Å². The maximum Gasteiger partial charge on any atom is 0.319 e. The van der Waals surface area contributed by atoms with Crippen molar-refractivity contribution in [2.24, 2.45) is 7.05 Å². The average molecular weight is 418 g/mol. The topological polar surface area (TPSA) is 88.4 Å². The number of nitrogens with zero attached hydrogens (tertiary/aromatic N) is 8. The monoisotopic (exact) mass is 418 g/mol. The molecule has 0 saturated carbocycles. The van der Waals surface area contributed by atoms with Gasteiger partial charge in [-0.15, -0.1) is 5.10 Å². The van der Waals surface area contributed by atoms with E-state index < -0.39 is 6.55 Å². The summed E-state index contributed by atoms with van der Waals surface area (Å²) in [7, 11) is 1.77. The quantitative estimate of drug-likeness (QED) is 0.447. The maximum absolute atomic E-state index is 13.1. The minimum atomic E-state index is -2.68. The highest BCUT2D eigenvalue weighted by Crippen LogP contribution is 2.24. The number of para-hydroxylation sites is 1. The van der Waals surface area contributed by atoms with E-state index in [4.69, 9.17) is 0 Å². The summed E-state index contributed by atoms with van der Waals surface area (Å²) in [6.07, 6.45) is 2.52. The molecule has 0 aliphatic carbocycles. The van der Waals surface area contributed by atoms with E-state index in [1.807, 2.05) is 30.3 Å². The second-order valence-corrected chi connectivity index (χ2v) is 7.04. The molecule has 0 atom stereocenters. The Labute approximate surface area is 167 Å². The zero-order valence-electron chi connectivity index (χ0n) is 15.5. The molecule has 0 aliphatic heterocycles. The molecular formula is C17H16F2N8OS. The Morgan fingerprint density at radius 3 is 2.69 bits per heavy atom. The Morgan fingerprint density at radius 2 is 1.97 bits per heavy atom. The molecule has 0 bridgehead atoms. The van der Waals surface area contributed by atoms with Gasteiger partial charge in [-0.25, -0.2) is 9.67 Å². The van der Waals surface area contributed by atoms with Crippen molar-refractivity contribution in [3.63, 3.8) is 0 Å². The predicted octanol–water partition coefficient (Wildman–Crippen LogP) is 2.34. The summed E-state index contributed by atoms with van der Waals surface area (Å²) in [5, 5.41) is 11.9. The molecule has 9 nitrogen and oxygen atoms in total. The molecule has 4 aromatic rings. The molecule has 150 valence electrons. The molecule has 3 heterocycles. The van der Waals surface area contributed by atoms with Gasteiger partial charge in [0.15, 0.2) is 5.69 Å². The lowest BCUT2D eigenvalue weighted by molar-refractivity contribution is 0.0678. The second kappa shape index (κ2) is 7.62. The first kappa shape index (κ1) is 19.1. The smallest absolute Gasteiger partial charge is 0.283 e. The van der Waals surface area contributed by atoms with Gasteiger partial charge in [0.05, 0.1) is 17.1 Å². The fourth-order valence-corrected chi connectivity index (χ4v) is 3.80. The molecule has 4 rings (SSSR count). The third-order valence-electron chi connectivity index (χ3n) is 4.47. The molecule has 0 spiro atoms.